The van der Waals surface area contributed by atoms with Gasteiger partial charge in [0.2, 0.25) is 5.11 Å². The Morgan fingerprint density at radius 3 is 2.59 bits per heavy atom. The van der Waals surface area contributed by atoms with Crippen molar-refractivity contribution in [2.75, 3.05) is 0 Å². The van der Waals surface area contributed by atoms with Gasteiger partial charge in [0.05, 0.1) is 11.0 Å². The molecule has 0 fully saturated rings. The molecule has 1 unspecified atom stereocenters. The molecule has 0 aliphatic rings. The minimum absolute atomic E-state index is 0.0408. The van der Waals surface area contributed by atoms with Gasteiger partial charge in [-0.2, -0.15) is 5.10 Å². The van der Waals surface area contributed by atoms with Crippen LogP contribution in [0.15, 0.2) is 46.3 Å². The molecule has 0 spiro atoms. The third kappa shape index (κ3) is 4.84. The van der Waals surface area contributed by atoms with E-state index in [1.54, 1.807) is 24.3 Å². The first-order valence-corrected chi connectivity index (χ1v) is 9.51. The molecule has 8 nitrogen and oxygen atoms in total. The van der Waals surface area contributed by atoms with Crippen molar-refractivity contribution in [2.45, 2.75) is 6.10 Å². The third-order valence-electron chi connectivity index (χ3n) is 3.82. The first kappa shape index (κ1) is 21.4. The first-order valence-electron chi connectivity index (χ1n) is 7.97. The Morgan fingerprint density at radius 2 is 1.90 bits per heavy atom. The van der Waals surface area contributed by atoms with E-state index in [0.29, 0.717) is 21.1 Å². The second kappa shape index (κ2) is 9.04. The zero-order valence-corrected chi connectivity index (χ0v) is 17.5. The van der Waals surface area contributed by atoms with Gasteiger partial charge in [0.25, 0.3) is 5.56 Å². The first-order chi connectivity index (χ1) is 13.8. The maximum atomic E-state index is 12.7. The Kier molecular flexibility index (Phi) is 6.68. The number of aromatic nitrogens is 2. The van der Waals surface area contributed by atoms with Crippen molar-refractivity contribution in [1.29, 1.82) is 0 Å². The normalized spacial score (nSPS) is 12.7. The van der Waals surface area contributed by atoms with Gasteiger partial charge in [-0.25, -0.2) is 10.8 Å². The average Bonchev–Trinajstić information content (AvgIpc) is 2.68. The van der Waals surface area contributed by atoms with Gasteiger partial charge in [-0.05, 0) is 42.5 Å². The number of halogens is 3. The quantitative estimate of drug-likeness (QED) is 0.171. The molecule has 6 N–H and O–H groups in total. The molecule has 1 atom stereocenters. The third-order valence-corrected chi connectivity index (χ3v) is 4.83. The van der Waals surface area contributed by atoms with Crippen LogP contribution in [-0.4, -0.2) is 25.9 Å². The van der Waals surface area contributed by atoms with Gasteiger partial charge in [0, 0.05) is 20.6 Å². The van der Waals surface area contributed by atoms with Crippen LogP contribution < -0.4 is 22.3 Å². The molecule has 0 aliphatic carbocycles. The van der Waals surface area contributed by atoms with E-state index in [2.05, 4.69) is 25.9 Å². The lowest BCUT2D eigenvalue weighted by molar-refractivity contribution is 0.247. The minimum atomic E-state index is -1.42. The smallest absolute Gasteiger partial charge is 0.276 e. The van der Waals surface area contributed by atoms with Gasteiger partial charge in [-0.15, -0.1) is 0 Å². The summed E-state index contributed by atoms with van der Waals surface area (Å²) in [5.41, 5.74) is 4.87. The molecular weight excluding hydrogens is 459 g/mol. The highest BCUT2D eigenvalue weighted by molar-refractivity contribution is 7.80. The standard InChI is InChI=1S/C17H13Cl3N6O2S/c18-7-1-3-9(10(20)5-7)15(27)13(25-26-17(29)24-21)14-16(28)23-12-6-8(19)2-4-11(12)22-14/h1-6,15,27H,21H2,(H,23,28)(H2,24,26,29)/b25-13+. The van der Waals surface area contributed by atoms with Gasteiger partial charge in [-0.3, -0.25) is 15.6 Å². The van der Waals surface area contributed by atoms with Gasteiger partial charge in [-0.1, -0.05) is 40.9 Å². The van der Waals surface area contributed by atoms with E-state index in [1.807, 2.05) is 0 Å². The summed E-state index contributed by atoms with van der Waals surface area (Å²) in [5.74, 6) is 5.23. The number of hydrogen-bond acceptors (Lipinski definition) is 6. The van der Waals surface area contributed by atoms with Crippen molar-refractivity contribution >= 4 is 68.9 Å². The van der Waals surface area contributed by atoms with Crippen LogP contribution in [0.1, 0.15) is 17.4 Å². The Morgan fingerprint density at radius 1 is 1.21 bits per heavy atom. The number of aliphatic hydroxyl groups is 1. The van der Waals surface area contributed by atoms with E-state index in [0.717, 1.165) is 0 Å². The number of nitrogens with one attached hydrogen (secondary N) is 3. The predicted octanol–water partition coefficient (Wildman–Crippen LogP) is 2.66. The van der Waals surface area contributed by atoms with Crippen LogP contribution in [0.4, 0.5) is 0 Å². The number of hydrazone groups is 1. The molecule has 0 saturated carbocycles. The summed E-state index contributed by atoms with van der Waals surface area (Å²) in [6.45, 7) is 0. The maximum Gasteiger partial charge on any atom is 0.276 e. The molecular formula is C17H13Cl3N6O2S. The number of nitrogens with two attached hydrogens (primary N) is 1. The van der Waals surface area contributed by atoms with E-state index in [-0.39, 0.29) is 27.1 Å². The van der Waals surface area contributed by atoms with E-state index in [4.69, 9.17) is 52.9 Å². The average molecular weight is 472 g/mol. The number of benzene rings is 2. The zero-order valence-electron chi connectivity index (χ0n) is 14.4. The SMILES string of the molecule is NNC(=S)N/N=C(\c1nc2ccc(Cl)cc2[nH]c1=O)C(O)c1ccc(Cl)cc1Cl. The number of aromatic amines is 1. The van der Waals surface area contributed by atoms with Crippen LogP contribution in [0.2, 0.25) is 15.1 Å². The van der Waals surface area contributed by atoms with Crippen molar-refractivity contribution in [3.63, 3.8) is 0 Å². The van der Waals surface area contributed by atoms with E-state index in [1.165, 1.54) is 12.1 Å². The van der Waals surface area contributed by atoms with Crippen molar-refractivity contribution in [2.24, 2.45) is 10.9 Å². The van der Waals surface area contributed by atoms with Crippen LogP contribution in [0.5, 0.6) is 0 Å². The fourth-order valence-corrected chi connectivity index (χ4v) is 3.22. The van der Waals surface area contributed by atoms with Gasteiger partial charge in [0.1, 0.15) is 11.8 Å². The highest BCUT2D eigenvalue weighted by Crippen LogP contribution is 2.28. The molecule has 0 bridgehead atoms. The summed E-state index contributed by atoms with van der Waals surface area (Å²) in [4.78, 5) is 19.6. The highest BCUT2D eigenvalue weighted by Gasteiger charge is 2.24. The van der Waals surface area contributed by atoms with Gasteiger partial charge < -0.3 is 10.1 Å². The largest absolute Gasteiger partial charge is 0.382 e. The molecule has 3 rings (SSSR count). The minimum Gasteiger partial charge on any atom is -0.382 e. The van der Waals surface area contributed by atoms with Crippen LogP contribution >= 0.6 is 47.0 Å². The Labute approximate surface area is 184 Å². The predicted molar refractivity (Wildman–Crippen MR) is 118 cm³/mol. The molecule has 0 aliphatic heterocycles. The van der Waals surface area contributed by atoms with Crippen molar-refractivity contribution < 1.29 is 5.11 Å². The fraction of sp³-hybridized carbons (Fsp3) is 0.0588. The van der Waals surface area contributed by atoms with E-state index in [9.17, 15) is 9.90 Å². The molecule has 12 heteroatoms. The molecule has 1 aromatic heterocycles. The summed E-state index contributed by atoms with van der Waals surface area (Å²) in [5, 5.41) is 15.9. The van der Waals surface area contributed by atoms with Crippen molar-refractivity contribution in [3.05, 3.63) is 73.1 Å². The van der Waals surface area contributed by atoms with E-state index >= 15 is 0 Å². The molecule has 0 radical (unpaired) electrons. The number of rotatable bonds is 4. The van der Waals surface area contributed by atoms with Crippen LogP contribution in [0.3, 0.4) is 0 Å². The van der Waals surface area contributed by atoms with Crippen LogP contribution in [0.25, 0.3) is 11.0 Å². The molecule has 1 heterocycles. The Hall–Kier alpha value is -2.27. The molecule has 0 amide bonds. The van der Waals surface area contributed by atoms with E-state index < -0.39 is 11.7 Å². The number of thiocarbonyl (C=S) groups is 1. The van der Waals surface area contributed by atoms with Crippen molar-refractivity contribution in [1.82, 2.24) is 20.8 Å². The molecule has 0 saturated heterocycles. The monoisotopic (exact) mass is 470 g/mol. The van der Waals surface area contributed by atoms with Gasteiger partial charge >= 0.3 is 0 Å². The summed E-state index contributed by atoms with van der Waals surface area (Å²) < 4.78 is 0. The molecule has 2 aromatic carbocycles. The summed E-state index contributed by atoms with van der Waals surface area (Å²) in [6.07, 6.45) is -1.42. The lowest BCUT2D eigenvalue weighted by Crippen LogP contribution is -2.38. The Balaban J connectivity index is 2.16. The van der Waals surface area contributed by atoms with Crippen molar-refractivity contribution in [3.8, 4) is 0 Å². The molecule has 150 valence electrons. The summed E-state index contributed by atoms with van der Waals surface area (Å²) in [6, 6.07) is 9.31. The molecule has 3 aromatic rings. The highest BCUT2D eigenvalue weighted by atomic mass is 35.5. The topological polar surface area (TPSA) is 128 Å². The zero-order chi connectivity index (χ0) is 21.1. The number of H-pyrrole nitrogens is 1. The maximum absolute atomic E-state index is 12.7. The number of nitrogens with zero attached hydrogens (tertiary/aromatic N) is 2. The number of hydrazine groups is 1. The summed E-state index contributed by atoms with van der Waals surface area (Å²) >= 11 is 23.0. The van der Waals surface area contributed by atoms with Crippen LogP contribution in [0, 0.1) is 0 Å². The molecule has 29 heavy (non-hydrogen) atoms. The number of fused-ring (bicyclic) bond motifs is 1. The lowest BCUT2D eigenvalue weighted by atomic mass is 10.0. The second-order valence-corrected chi connectivity index (χ2v) is 7.42. The van der Waals surface area contributed by atoms with Crippen LogP contribution in [-0.2, 0) is 0 Å². The number of hydrogen-bond donors (Lipinski definition) is 5. The fourth-order valence-electron chi connectivity index (χ4n) is 2.49. The lowest BCUT2D eigenvalue weighted by Gasteiger charge is -2.16. The number of aliphatic hydroxyl groups excluding tert-OH is 1. The second-order valence-electron chi connectivity index (χ2n) is 5.73. The summed E-state index contributed by atoms with van der Waals surface area (Å²) in [7, 11) is 0. The Bertz CT molecular complexity index is 1180. The van der Waals surface area contributed by atoms with Gasteiger partial charge in [0.15, 0.2) is 5.69 Å².